The Kier molecular flexibility index (Phi) is 3.25. The predicted octanol–water partition coefficient (Wildman–Crippen LogP) is 3.45. The van der Waals surface area contributed by atoms with E-state index in [1.54, 1.807) is 17.6 Å². The first kappa shape index (κ1) is 13.4. The van der Waals surface area contributed by atoms with Gasteiger partial charge in [-0.1, -0.05) is 12.1 Å². The van der Waals surface area contributed by atoms with Crippen molar-refractivity contribution in [2.24, 2.45) is 0 Å². The Morgan fingerprint density at radius 1 is 1.24 bits per heavy atom. The third-order valence-electron chi connectivity index (χ3n) is 3.45. The molecule has 0 bridgehead atoms. The number of benzene rings is 2. The van der Waals surface area contributed by atoms with Gasteiger partial charge in [0.1, 0.15) is 17.1 Å². The lowest BCUT2D eigenvalue weighted by molar-refractivity contribution is 0.344. The molecule has 4 nitrogen and oxygen atoms in total. The number of nitrogen functional groups attached to an aromatic ring is 1. The maximum atomic E-state index is 13.8. The fourth-order valence-electron chi connectivity index (χ4n) is 2.45. The van der Waals surface area contributed by atoms with E-state index in [9.17, 15) is 4.39 Å². The van der Waals surface area contributed by atoms with Crippen LogP contribution in [0.15, 0.2) is 36.4 Å². The Bertz CT molecular complexity index is 811. The van der Waals surface area contributed by atoms with Gasteiger partial charge in [0.25, 0.3) is 0 Å². The number of hydrogen-bond acceptors (Lipinski definition) is 3. The lowest BCUT2D eigenvalue weighted by Crippen LogP contribution is -2.03. The van der Waals surface area contributed by atoms with Gasteiger partial charge in [-0.05, 0) is 38.1 Å². The van der Waals surface area contributed by atoms with Gasteiger partial charge >= 0.3 is 0 Å². The van der Waals surface area contributed by atoms with Gasteiger partial charge in [-0.25, -0.2) is 9.37 Å². The van der Waals surface area contributed by atoms with Crippen LogP contribution in [0.3, 0.4) is 0 Å². The number of para-hydroxylation sites is 1. The Balaban J connectivity index is 2.31. The van der Waals surface area contributed by atoms with Crippen molar-refractivity contribution in [2.45, 2.75) is 13.8 Å². The van der Waals surface area contributed by atoms with Crippen molar-refractivity contribution < 1.29 is 9.13 Å². The molecule has 0 atom stereocenters. The molecule has 0 radical (unpaired) electrons. The van der Waals surface area contributed by atoms with Crippen LogP contribution in [0.4, 0.5) is 10.3 Å². The maximum Gasteiger partial charge on any atom is 0.206 e. The molecule has 0 saturated heterocycles. The number of imidazole rings is 1. The van der Waals surface area contributed by atoms with Crippen LogP contribution in [0.25, 0.3) is 16.7 Å². The molecule has 21 heavy (non-hydrogen) atoms. The molecule has 0 fully saturated rings. The second-order valence-electron chi connectivity index (χ2n) is 4.75. The molecule has 108 valence electrons. The van der Waals surface area contributed by atoms with Crippen molar-refractivity contribution in [2.75, 3.05) is 12.3 Å². The Hall–Kier alpha value is -2.56. The van der Waals surface area contributed by atoms with Gasteiger partial charge in [0.15, 0.2) is 0 Å². The first-order valence-electron chi connectivity index (χ1n) is 6.78. The van der Waals surface area contributed by atoms with Crippen LogP contribution in [-0.4, -0.2) is 16.2 Å². The summed E-state index contributed by atoms with van der Waals surface area (Å²) in [6.07, 6.45) is 0. The molecule has 0 spiro atoms. The minimum absolute atomic E-state index is 0.269. The molecule has 3 rings (SSSR count). The zero-order valence-corrected chi connectivity index (χ0v) is 11.9. The van der Waals surface area contributed by atoms with E-state index in [1.807, 2.05) is 31.2 Å². The molecule has 0 aliphatic heterocycles. The second-order valence-corrected chi connectivity index (χ2v) is 4.75. The first-order chi connectivity index (χ1) is 10.1. The number of nitrogens with two attached hydrogens (primary N) is 1. The predicted molar refractivity (Wildman–Crippen MR) is 81.3 cm³/mol. The third kappa shape index (κ3) is 2.11. The largest absolute Gasteiger partial charge is 0.492 e. The summed E-state index contributed by atoms with van der Waals surface area (Å²) in [4.78, 5) is 4.37. The highest BCUT2D eigenvalue weighted by molar-refractivity contribution is 5.86. The van der Waals surface area contributed by atoms with Gasteiger partial charge in [0.2, 0.25) is 5.95 Å². The number of halogens is 1. The standard InChI is InChI=1S/C16H16FN3O/c1-3-21-14-9-5-8-13-15(14)19-16(18)20(13)12-7-4-6-11(17)10(12)2/h4-9H,3H2,1-2H3,(H2,18,19). The molecular weight excluding hydrogens is 269 g/mol. The van der Waals surface area contributed by atoms with E-state index in [0.717, 1.165) is 5.52 Å². The van der Waals surface area contributed by atoms with Crippen molar-refractivity contribution in [3.05, 3.63) is 47.8 Å². The van der Waals surface area contributed by atoms with Gasteiger partial charge in [0.05, 0.1) is 17.8 Å². The van der Waals surface area contributed by atoms with Crippen LogP contribution in [0.1, 0.15) is 12.5 Å². The zero-order valence-electron chi connectivity index (χ0n) is 11.9. The second kappa shape index (κ2) is 5.09. The SMILES string of the molecule is CCOc1cccc2c1nc(N)n2-c1cccc(F)c1C. The van der Waals surface area contributed by atoms with E-state index in [0.29, 0.717) is 35.1 Å². The maximum absolute atomic E-state index is 13.8. The van der Waals surface area contributed by atoms with Crippen molar-refractivity contribution in [1.29, 1.82) is 0 Å². The van der Waals surface area contributed by atoms with Gasteiger partial charge in [0, 0.05) is 5.56 Å². The summed E-state index contributed by atoms with van der Waals surface area (Å²) in [6, 6.07) is 10.5. The van der Waals surface area contributed by atoms with E-state index in [2.05, 4.69) is 4.98 Å². The molecule has 0 aliphatic carbocycles. The summed E-state index contributed by atoms with van der Waals surface area (Å²) >= 11 is 0. The van der Waals surface area contributed by atoms with Crippen LogP contribution in [-0.2, 0) is 0 Å². The third-order valence-corrected chi connectivity index (χ3v) is 3.45. The van der Waals surface area contributed by atoms with Gasteiger partial charge in [-0.15, -0.1) is 0 Å². The summed E-state index contributed by atoms with van der Waals surface area (Å²) in [5, 5.41) is 0. The lowest BCUT2D eigenvalue weighted by Gasteiger charge is -2.10. The highest BCUT2D eigenvalue weighted by atomic mass is 19.1. The van der Waals surface area contributed by atoms with Gasteiger partial charge in [-0.3, -0.25) is 4.57 Å². The average Bonchev–Trinajstić information content (AvgIpc) is 2.80. The highest BCUT2D eigenvalue weighted by Crippen LogP contribution is 2.31. The molecule has 5 heteroatoms. The summed E-state index contributed by atoms with van der Waals surface area (Å²) in [7, 11) is 0. The van der Waals surface area contributed by atoms with Crippen LogP contribution in [0.5, 0.6) is 5.75 Å². The van der Waals surface area contributed by atoms with Crippen molar-refractivity contribution in [3.63, 3.8) is 0 Å². The monoisotopic (exact) mass is 285 g/mol. The first-order valence-corrected chi connectivity index (χ1v) is 6.78. The summed E-state index contributed by atoms with van der Waals surface area (Å²) in [6.45, 7) is 4.18. The molecule has 0 unspecified atom stereocenters. The number of hydrogen-bond donors (Lipinski definition) is 1. The smallest absolute Gasteiger partial charge is 0.206 e. The molecule has 0 aliphatic rings. The Labute approximate surface area is 122 Å². The van der Waals surface area contributed by atoms with E-state index in [1.165, 1.54) is 6.07 Å². The number of ether oxygens (including phenoxy) is 1. The molecule has 2 aromatic carbocycles. The number of rotatable bonds is 3. The van der Waals surface area contributed by atoms with Crippen molar-refractivity contribution in [3.8, 4) is 11.4 Å². The summed E-state index contributed by atoms with van der Waals surface area (Å²) in [5.41, 5.74) is 8.74. The average molecular weight is 285 g/mol. The minimum atomic E-state index is -0.269. The van der Waals surface area contributed by atoms with E-state index in [-0.39, 0.29) is 5.82 Å². The van der Waals surface area contributed by atoms with Crippen LogP contribution in [0.2, 0.25) is 0 Å². The van der Waals surface area contributed by atoms with Crippen LogP contribution in [0, 0.1) is 12.7 Å². The van der Waals surface area contributed by atoms with Crippen LogP contribution < -0.4 is 10.5 Å². The Morgan fingerprint density at radius 2 is 2.00 bits per heavy atom. The van der Waals surface area contributed by atoms with E-state index in [4.69, 9.17) is 10.5 Å². The number of anilines is 1. The molecule has 1 heterocycles. The molecule has 1 aromatic heterocycles. The number of fused-ring (bicyclic) bond motifs is 1. The topological polar surface area (TPSA) is 53.1 Å². The molecule has 0 saturated carbocycles. The van der Waals surface area contributed by atoms with Crippen molar-refractivity contribution in [1.82, 2.24) is 9.55 Å². The minimum Gasteiger partial charge on any atom is -0.492 e. The Morgan fingerprint density at radius 3 is 2.76 bits per heavy atom. The van der Waals surface area contributed by atoms with Crippen LogP contribution >= 0.6 is 0 Å². The number of aromatic nitrogens is 2. The van der Waals surface area contributed by atoms with E-state index >= 15 is 0 Å². The van der Waals surface area contributed by atoms with Gasteiger partial charge < -0.3 is 10.5 Å². The van der Waals surface area contributed by atoms with Crippen molar-refractivity contribution >= 4 is 17.0 Å². The molecule has 2 N–H and O–H groups in total. The number of nitrogens with zero attached hydrogens (tertiary/aromatic N) is 2. The molecule has 0 amide bonds. The van der Waals surface area contributed by atoms with Gasteiger partial charge in [-0.2, -0.15) is 0 Å². The fourth-order valence-corrected chi connectivity index (χ4v) is 2.45. The van der Waals surface area contributed by atoms with E-state index < -0.39 is 0 Å². The highest BCUT2D eigenvalue weighted by Gasteiger charge is 2.16. The normalized spacial score (nSPS) is 11.0. The quantitative estimate of drug-likeness (QED) is 0.802. The lowest BCUT2D eigenvalue weighted by atomic mass is 10.2. The molecule has 3 aromatic rings. The molecular formula is C16H16FN3O. The zero-order chi connectivity index (χ0) is 15.0. The summed E-state index contributed by atoms with van der Waals surface area (Å²) in [5.74, 6) is 0.718. The summed E-state index contributed by atoms with van der Waals surface area (Å²) < 4.78 is 21.1. The fraction of sp³-hybridized carbons (Fsp3) is 0.188.